The predicted molar refractivity (Wildman–Crippen MR) is 239 cm³/mol. The largest absolute Gasteiger partial charge is 0.463 e. The van der Waals surface area contributed by atoms with Crippen LogP contribution in [0.5, 0.6) is 0 Å². The molecular formula is C51H50N4O7. The molecule has 0 aliphatic rings. The number of nitrogens with one attached hydrogen (secondary N) is 3. The monoisotopic (exact) mass is 830 g/mol. The van der Waals surface area contributed by atoms with Crippen LogP contribution in [0.2, 0.25) is 0 Å². The number of anilines is 1. The Morgan fingerprint density at radius 1 is 0.694 bits per heavy atom. The van der Waals surface area contributed by atoms with Gasteiger partial charge in [-0.1, -0.05) is 158 Å². The van der Waals surface area contributed by atoms with Gasteiger partial charge in [-0.15, -0.1) is 0 Å². The Labute approximate surface area is 361 Å². The van der Waals surface area contributed by atoms with Crippen LogP contribution in [0.15, 0.2) is 181 Å². The number of hydrogen-bond acceptors (Lipinski definition) is 7. The van der Waals surface area contributed by atoms with E-state index in [1.807, 2.05) is 152 Å². The molecule has 0 unspecified atom stereocenters. The molecule has 2 atom stereocenters. The molecule has 0 bridgehead atoms. The molecular weight excluding hydrogens is 781 g/mol. The number of amides is 3. The molecule has 62 heavy (non-hydrogen) atoms. The number of carbonyl (C=O) groups excluding carboxylic acids is 4. The van der Waals surface area contributed by atoms with Crippen molar-refractivity contribution in [3.05, 3.63) is 220 Å². The van der Waals surface area contributed by atoms with Gasteiger partial charge in [0.25, 0.3) is 5.56 Å². The van der Waals surface area contributed by atoms with Crippen molar-refractivity contribution >= 4 is 29.6 Å². The summed E-state index contributed by atoms with van der Waals surface area (Å²) >= 11 is 0. The first-order chi connectivity index (χ1) is 30.2. The number of rotatable bonds is 18. The fourth-order valence-electron chi connectivity index (χ4n) is 7.27. The lowest BCUT2D eigenvalue weighted by atomic mass is 9.77. The van der Waals surface area contributed by atoms with Gasteiger partial charge in [-0.2, -0.15) is 0 Å². The van der Waals surface area contributed by atoms with Crippen LogP contribution >= 0.6 is 0 Å². The first-order valence-corrected chi connectivity index (χ1v) is 20.5. The Hall–Kier alpha value is -7.53. The van der Waals surface area contributed by atoms with E-state index in [2.05, 4.69) is 16.0 Å². The van der Waals surface area contributed by atoms with E-state index in [0.29, 0.717) is 5.56 Å². The second-order valence-electron chi connectivity index (χ2n) is 14.6. The molecule has 0 saturated heterocycles. The molecule has 11 heteroatoms. The van der Waals surface area contributed by atoms with Crippen LogP contribution in [-0.4, -0.2) is 41.1 Å². The van der Waals surface area contributed by atoms with E-state index in [1.165, 1.54) is 22.9 Å². The van der Waals surface area contributed by atoms with Crippen molar-refractivity contribution in [3.8, 4) is 0 Å². The van der Waals surface area contributed by atoms with Gasteiger partial charge in [0, 0.05) is 31.2 Å². The van der Waals surface area contributed by atoms with Gasteiger partial charge in [-0.25, -0.2) is 9.59 Å². The van der Waals surface area contributed by atoms with Crippen molar-refractivity contribution < 1.29 is 28.7 Å². The predicted octanol–water partition coefficient (Wildman–Crippen LogP) is 8.18. The number of esters is 1. The van der Waals surface area contributed by atoms with Crippen molar-refractivity contribution in [2.75, 3.05) is 11.9 Å². The summed E-state index contributed by atoms with van der Waals surface area (Å²) in [5.74, 6) is -1.47. The van der Waals surface area contributed by atoms with Crippen molar-refractivity contribution in [1.82, 2.24) is 15.2 Å². The maximum Gasteiger partial charge on any atom is 0.412 e. The molecule has 1 aromatic heterocycles. The molecule has 6 aromatic rings. The summed E-state index contributed by atoms with van der Waals surface area (Å²) in [6.07, 6.45) is 3.54. The van der Waals surface area contributed by atoms with Gasteiger partial charge in [0.15, 0.2) is 0 Å². The molecule has 6 rings (SSSR count). The van der Waals surface area contributed by atoms with E-state index in [-0.39, 0.29) is 44.1 Å². The van der Waals surface area contributed by atoms with Crippen LogP contribution in [0.4, 0.5) is 10.5 Å². The molecule has 1 heterocycles. The minimum Gasteiger partial charge on any atom is -0.463 e. The molecule has 0 fully saturated rings. The number of aromatic nitrogens is 1. The Morgan fingerprint density at radius 2 is 1.21 bits per heavy atom. The van der Waals surface area contributed by atoms with Crippen LogP contribution < -0.4 is 21.5 Å². The highest BCUT2D eigenvalue weighted by molar-refractivity contribution is 5.86. The zero-order valence-electron chi connectivity index (χ0n) is 34.7. The Balaban J connectivity index is 1.28. The second-order valence-corrected chi connectivity index (χ2v) is 14.6. The van der Waals surface area contributed by atoms with E-state index in [4.69, 9.17) is 9.47 Å². The van der Waals surface area contributed by atoms with Gasteiger partial charge in [0.05, 0.1) is 6.61 Å². The first kappa shape index (κ1) is 44.0. The minimum atomic E-state index is -1.11. The van der Waals surface area contributed by atoms with Crippen molar-refractivity contribution in [3.63, 3.8) is 0 Å². The van der Waals surface area contributed by atoms with Gasteiger partial charge in [-0.3, -0.25) is 19.7 Å². The summed E-state index contributed by atoms with van der Waals surface area (Å²) in [5, 5.41) is 8.94. The van der Waals surface area contributed by atoms with Crippen LogP contribution in [0.3, 0.4) is 0 Å². The number of hydrogen-bond donors (Lipinski definition) is 3. The Morgan fingerprint density at radius 3 is 1.74 bits per heavy atom. The van der Waals surface area contributed by atoms with E-state index < -0.39 is 41.2 Å². The lowest BCUT2D eigenvalue weighted by molar-refractivity contribution is -0.137. The topological polar surface area (TPSA) is 145 Å². The molecule has 0 spiro atoms. The van der Waals surface area contributed by atoms with Crippen LogP contribution in [-0.2, 0) is 42.4 Å². The third-order valence-corrected chi connectivity index (χ3v) is 10.4. The number of carbonyl (C=O) groups is 4. The maximum absolute atomic E-state index is 14.6. The smallest absolute Gasteiger partial charge is 0.412 e. The molecule has 0 saturated carbocycles. The molecule has 3 amide bonds. The average Bonchev–Trinajstić information content (AvgIpc) is 3.31. The number of benzene rings is 5. The normalized spacial score (nSPS) is 12.2. The molecule has 0 aliphatic heterocycles. The van der Waals surface area contributed by atoms with Crippen LogP contribution in [0.25, 0.3) is 0 Å². The summed E-state index contributed by atoms with van der Waals surface area (Å²) in [6, 6.07) is 47.2. The second kappa shape index (κ2) is 21.6. The van der Waals surface area contributed by atoms with Crippen molar-refractivity contribution in [2.45, 2.75) is 57.3 Å². The maximum atomic E-state index is 14.6. The fraction of sp³-hybridized carbons (Fsp3) is 0.196. The van der Waals surface area contributed by atoms with Crippen molar-refractivity contribution in [2.24, 2.45) is 0 Å². The van der Waals surface area contributed by atoms with Gasteiger partial charge >= 0.3 is 12.1 Å². The van der Waals surface area contributed by atoms with E-state index in [1.54, 1.807) is 19.9 Å². The van der Waals surface area contributed by atoms with Gasteiger partial charge in [0.1, 0.15) is 23.9 Å². The molecule has 0 aliphatic carbocycles. The number of aryl methyl sites for hydroxylation is 1. The van der Waals surface area contributed by atoms with Gasteiger partial charge < -0.3 is 24.7 Å². The molecule has 5 aromatic carbocycles. The third-order valence-electron chi connectivity index (χ3n) is 10.4. The quantitative estimate of drug-likeness (QED) is 0.0450. The fourth-order valence-corrected chi connectivity index (χ4v) is 7.27. The zero-order valence-corrected chi connectivity index (χ0v) is 34.7. The SMILES string of the molecule is CCOC(=O)/C=C/[C@H](CCC(=O)NC(c1ccccc1)(c1ccccc1)c1ccccc1)NC(=O)[C@H](Cc1ccccc1)n1ccc(C)c(NC(=O)OCc2ccccc2)c1=O. The van der Waals surface area contributed by atoms with E-state index in [9.17, 15) is 24.0 Å². The van der Waals surface area contributed by atoms with Crippen molar-refractivity contribution in [1.29, 1.82) is 0 Å². The lowest BCUT2D eigenvalue weighted by Gasteiger charge is -2.37. The third kappa shape index (κ3) is 11.4. The highest BCUT2D eigenvalue weighted by Gasteiger charge is 2.38. The van der Waals surface area contributed by atoms with Crippen LogP contribution in [0, 0.1) is 6.92 Å². The van der Waals surface area contributed by atoms with Gasteiger partial charge in [0.2, 0.25) is 11.8 Å². The number of ether oxygens (including phenoxy) is 2. The molecule has 0 radical (unpaired) electrons. The molecule has 11 nitrogen and oxygen atoms in total. The van der Waals surface area contributed by atoms with E-state index in [0.717, 1.165) is 27.8 Å². The highest BCUT2D eigenvalue weighted by Crippen LogP contribution is 2.37. The molecule has 316 valence electrons. The highest BCUT2D eigenvalue weighted by atomic mass is 16.5. The van der Waals surface area contributed by atoms with Gasteiger partial charge in [-0.05, 0) is 59.7 Å². The Kier molecular flexibility index (Phi) is 15.4. The van der Waals surface area contributed by atoms with Crippen LogP contribution in [0.1, 0.15) is 59.2 Å². The minimum absolute atomic E-state index is 0.00371. The summed E-state index contributed by atoms with van der Waals surface area (Å²) in [6.45, 7) is 3.51. The summed E-state index contributed by atoms with van der Waals surface area (Å²) in [4.78, 5) is 68.5. The number of nitrogens with zero attached hydrogens (tertiary/aromatic N) is 1. The van der Waals surface area contributed by atoms with E-state index >= 15 is 0 Å². The summed E-state index contributed by atoms with van der Waals surface area (Å²) < 4.78 is 11.8. The standard InChI is InChI=1S/C51H50N4O7/c1-3-61-46(57)32-30-43(29-31-45(56)54-51(40-23-13-6-14-24-40,41-25-15-7-16-26-41)42-27-17-8-18-28-42)52-48(58)44(35-38-19-9-4-10-20-38)55-34-33-37(2)47(49(55)59)53-50(60)62-36-39-21-11-5-12-22-39/h4-28,30,32-34,43-44H,3,29,31,35-36H2,1-2H3,(H,52,58)(H,53,60)(H,54,56)/b32-30+/t43-,44-/m0/s1. The lowest BCUT2D eigenvalue weighted by Crippen LogP contribution is -2.48. The Bertz CT molecular complexity index is 2400. The first-order valence-electron chi connectivity index (χ1n) is 20.5. The molecule has 3 N–H and O–H groups in total. The average molecular weight is 831 g/mol. The summed E-state index contributed by atoms with van der Waals surface area (Å²) in [5.41, 5.74) is 2.86. The summed E-state index contributed by atoms with van der Waals surface area (Å²) in [7, 11) is 0. The number of pyridine rings is 1. The zero-order chi connectivity index (χ0) is 43.7.